The average Bonchev–Trinajstić information content (AvgIpc) is 3.53. The molecule has 1 amide bonds. The van der Waals surface area contributed by atoms with Gasteiger partial charge < -0.3 is 14.6 Å². The fraction of sp³-hybridized carbons (Fsp3) is 0.0968. The van der Waals surface area contributed by atoms with Gasteiger partial charge in [0.2, 0.25) is 0 Å². The third-order valence-electron chi connectivity index (χ3n) is 6.68. The second kappa shape index (κ2) is 11.0. The first-order valence-corrected chi connectivity index (χ1v) is 13.8. The van der Waals surface area contributed by atoms with Crippen molar-refractivity contribution in [1.29, 1.82) is 0 Å². The number of carbonyl (C=O) groups is 2. The van der Waals surface area contributed by atoms with Crippen molar-refractivity contribution < 1.29 is 24.2 Å². The van der Waals surface area contributed by atoms with E-state index in [9.17, 15) is 14.7 Å². The monoisotopic (exact) mass is 583 g/mol. The van der Waals surface area contributed by atoms with Gasteiger partial charge in [-0.25, -0.2) is 4.98 Å². The van der Waals surface area contributed by atoms with Crippen molar-refractivity contribution in [3.05, 3.63) is 119 Å². The van der Waals surface area contributed by atoms with E-state index in [0.29, 0.717) is 44.9 Å². The summed E-state index contributed by atoms with van der Waals surface area (Å²) in [4.78, 5) is 37.0. The van der Waals surface area contributed by atoms with Crippen LogP contribution >= 0.6 is 22.9 Å². The molecule has 1 fully saturated rings. The number of pyridine rings is 1. The predicted octanol–water partition coefficient (Wildman–Crippen LogP) is 6.56. The van der Waals surface area contributed by atoms with E-state index in [-0.39, 0.29) is 11.3 Å². The smallest absolute Gasteiger partial charge is 0.301 e. The lowest BCUT2D eigenvalue weighted by molar-refractivity contribution is -0.132. The van der Waals surface area contributed by atoms with Crippen LogP contribution < -0.4 is 14.4 Å². The molecule has 0 radical (unpaired) electrons. The summed E-state index contributed by atoms with van der Waals surface area (Å²) in [7, 11) is 1.51. The van der Waals surface area contributed by atoms with Crippen molar-refractivity contribution in [2.75, 3.05) is 12.0 Å². The normalized spacial score (nSPS) is 16.3. The van der Waals surface area contributed by atoms with Crippen LogP contribution in [0.4, 0.5) is 5.13 Å². The first kappa shape index (κ1) is 26.5. The number of benzene rings is 3. The standard InChI is InChI=1S/C31H22ClN3O5S/c1-39-24-15-20(7-10-23(24)40-17-18-5-3-2-4-6-18)27-26(28(36)19-11-13-33-14-12-19)29(37)30(38)35(27)31-34-22-9-8-21(32)16-25(22)41-31/h2-16,27,36H,17H2,1H3/b28-26+. The number of thiazole rings is 1. The van der Waals surface area contributed by atoms with E-state index >= 15 is 0 Å². The zero-order valence-electron chi connectivity index (χ0n) is 21.7. The molecule has 1 aliphatic rings. The Hall–Kier alpha value is -4.73. The van der Waals surface area contributed by atoms with Gasteiger partial charge in [-0.3, -0.25) is 19.5 Å². The lowest BCUT2D eigenvalue weighted by Gasteiger charge is -2.24. The summed E-state index contributed by atoms with van der Waals surface area (Å²) in [6, 6.07) is 22.2. The lowest BCUT2D eigenvalue weighted by atomic mass is 9.95. The summed E-state index contributed by atoms with van der Waals surface area (Å²) in [5.41, 5.74) is 2.43. The van der Waals surface area contributed by atoms with Gasteiger partial charge in [0, 0.05) is 23.0 Å². The molecule has 0 aliphatic carbocycles. The topological polar surface area (TPSA) is 102 Å². The van der Waals surface area contributed by atoms with Crippen molar-refractivity contribution in [2.24, 2.45) is 0 Å². The number of ether oxygens (including phenoxy) is 2. The van der Waals surface area contributed by atoms with Crippen molar-refractivity contribution in [2.45, 2.75) is 12.6 Å². The number of anilines is 1. The molecule has 0 spiro atoms. The number of hydrogen-bond acceptors (Lipinski definition) is 8. The number of fused-ring (bicyclic) bond motifs is 1. The summed E-state index contributed by atoms with van der Waals surface area (Å²) < 4.78 is 12.4. The Bertz CT molecular complexity index is 1810. The number of hydrogen-bond donors (Lipinski definition) is 1. The Morgan fingerprint density at radius 1 is 1.00 bits per heavy atom. The molecule has 1 saturated heterocycles. The van der Waals surface area contributed by atoms with Gasteiger partial charge in [0.25, 0.3) is 5.78 Å². The van der Waals surface area contributed by atoms with Crippen molar-refractivity contribution in [3.8, 4) is 11.5 Å². The van der Waals surface area contributed by atoms with Crippen LogP contribution in [0, 0.1) is 0 Å². The summed E-state index contributed by atoms with van der Waals surface area (Å²) in [5, 5.41) is 12.2. The Balaban J connectivity index is 1.47. The van der Waals surface area contributed by atoms with Crippen LogP contribution in [0.3, 0.4) is 0 Å². The van der Waals surface area contributed by atoms with Crippen LogP contribution in [0.5, 0.6) is 11.5 Å². The second-order valence-electron chi connectivity index (χ2n) is 9.20. The molecule has 2 aromatic heterocycles. The first-order valence-electron chi connectivity index (χ1n) is 12.6. The highest BCUT2D eigenvalue weighted by molar-refractivity contribution is 7.22. The molecule has 1 unspecified atom stereocenters. The molecule has 1 atom stereocenters. The molecule has 204 valence electrons. The molecule has 5 aromatic rings. The fourth-order valence-electron chi connectivity index (χ4n) is 4.71. The minimum Gasteiger partial charge on any atom is -0.507 e. The molecule has 1 N–H and O–H groups in total. The van der Waals surface area contributed by atoms with Gasteiger partial charge in [-0.15, -0.1) is 0 Å². The maximum Gasteiger partial charge on any atom is 0.301 e. The van der Waals surface area contributed by atoms with E-state index in [1.54, 1.807) is 48.5 Å². The van der Waals surface area contributed by atoms with E-state index in [1.807, 2.05) is 30.3 Å². The zero-order chi connectivity index (χ0) is 28.5. The quantitative estimate of drug-likeness (QED) is 0.131. The predicted molar refractivity (Wildman–Crippen MR) is 157 cm³/mol. The van der Waals surface area contributed by atoms with Gasteiger partial charge in [-0.05, 0) is 53.6 Å². The van der Waals surface area contributed by atoms with Crippen molar-refractivity contribution in [1.82, 2.24) is 9.97 Å². The third kappa shape index (κ3) is 5.01. The van der Waals surface area contributed by atoms with Crippen LogP contribution in [0.15, 0.2) is 96.8 Å². The number of methoxy groups -OCH3 is 1. The van der Waals surface area contributed by atoms with Gasteiger partial charge in [-0.2, -0.15) is 0 Å². The summed E-state index contributed by atoms with van der Waals surface area (Å²) in [6.07, 6.45) is 3.00. The van der Waals surface area contributed by atoms with E-state index in [2.05, 4.69) is 9.97 Å². The molecular formula is C31H22ClN3O5S. The Kier molecular flexibility index (Phi) is 7.13. The molecular weight excluding hydrogens is 562 g/mol. The minimum atomic E-state index is -0.990. The van der Waals surface area contributed by atoms with Crippen LogP contribution in [0.2, 0.25) is 5.02 Å². The molecule has 1 aliphatic heterocycles. The molecule has 8 nitrogen and oxygen atoms in total. The SMILES string of the molecule is COc1cc(C2/C(=C(\O)c3ccncc3)C(=O)C(=O)N2c2nc3ccc(Cl)cc3s2)ccc1OCc1ccccc1. The Morgan fingerprint density at radius 3 is 2.54 bits per heavy atom. The lowest BCUT2D eigenvalue weighted by Crippen LogP contribution is -2.29. The van der Waals surface area contributed by atoms with Gasteiger partial charge in [0.1, 0.15) is 12.4 Å². The first-order chi connectivity index (χ1) is 19.9. The molecule has 0 saturated carbocycles. The zero-order valence-corrected chi connectivity index (χ0v) is 23.2. The van der Waals surface area contributed by atoms with Crippen LogP contribution in [0.25, 0.3) is 16.0 Å². The Labute approximate surface area is 244 Å². The second-order valence-corrected chi connectivity index (χ2v) is 10.6. The number of carbonyl (C=O) groups excluding carboxylic acids is 2. The molecule has 10 heteroatoms. The number of aliphatic hydroxyl groups excluding tert-OH is 1. The summed E-state index contributed by atoms with van der Waals surface area (Å²) in [6.45, 7) is 0.325. The number of halogens is 1. The average molecular weight is 584 g/mol. The number of nitrogens with zero attached hydrogens (tertiary/aromatic N) is 3. The molecule has 3 aromatic carbocycles. The van der Waals surface area contributed by atoms with Crippen molar-refractivity contribution in [3.63, 3.8) is 0 Å². The highest BCUT2D eigenvalue weighted by Crippen LogP contribution is 2.46. The van der Waals surface area contributed by atoms with E-state index in [0.717, 1.165) is 10.3 Å². The van der Waals surface area contributed by atoms with Gasteiger partial charge in [0.15, 0.2) is 16.6 Å². The van der Waals surface area contributed by atoms with E-state index in [1.165, 1.54) is 35.7 Å². The molecule has 0 bridgehead atoms. The van der Waals surface area contributed by atoms with Crippen LogP contribution in [-0.4, -0.2) is 33.9 Å². The largest absolute Gasteiger partial charge is 0.507 e. The minimum absolute atomic E-state index is 0.0708. The number of aliphatic hydroxyl groups is 1. The number of aromatic nitrogens is 2. The number of rotatable bonds is 7. The number of ketones is 1. The molecule has 41 heavy (non-hydrogen) atoms. The fourth-order valence-corrected chi connectivity index (χ4v) is 5.98. The highest BCUT2D eigenvalue weighted by atomic mass is 35.5. The van der Waals surface area contributed by atoms with Gasteiger partial charge >= 0.3 is 5.91 Å². The highest BCUT2D eigenvalue weighted by Gasteiger charge is 2.48. The third-order valence-corrected chi connectivity index (χ3v) is 7.94. The molecule has 6 rings (SSSR count). The number of Topliss-reactive ketones (excluding diaryl/α,β-unsaturated/α-hetero) is 1. The van der Waals surface area contributed by atoms with Crippen LogP contribution in [0.1, 0.15) is 22.7 Å². The van der Waals surface area contributed by atoms with Gasteiger partial charge in [-0.1, -0.05) is 59.3 Å². The van der Waals surface area contributed by atoms with Crippen LogP contribution in [-0.2, 0) is 16.2 Å². The van der Waals surface area contributed by atoms with Crippen molar-refractivity contribution >= 4 is 55.7 Å². The summed E-state index contributed by atoms with van der Waals surface area (Å²) in [5.74, 6) is -1.06. The Morgan fingerprint density at radius 2 is 1.78 bits per heavy atom. The molecule has 3 heterocycles. The van der Waals surface area contributed by atoms with Gasteiger partial charge in [0.05, 0.1) is 28.9 Å². The van der Waals surface area contributed by atoms with E-state index < -0.39 is 17.7 Å². The maximum absolute atomic E-state index is 13.6. The van der Waals surface area contributed by atoms with E-state index in [4.69, 9.17) is 21.1 Å². The number of amides is 1. The maximum atomic E-state index is 13.6. The summed E-state index contributed by atoms with van der Waals surface area (Å²) >= 11 is 7.41.